The zero-order chi connectivity index (χ0) is 27.5. The Balaban J connectivity index is 1.23. The van der Waals surface area contributed by atoms with Crippen molar-refractivity contribution in [3.63, 3.8) is 0 Å². The lowest BCUT2D eigenvalue weighted by Crippen LogP contribution is -2.68. The number of fused-ring (bicyclic) bond motifs is 13. The van der Waals surface area contributed by atoms with Crippen molar-refractivity contribution in [2.24, 2.45) is 112 Å². The molecule has 0 aromatic heterocycles. The minimum absolute atomic E-state index is 0.694. The summed E-state index contributed by atoms with van der Waals surface area (Å²) in [6.07, 6.45) is 24.1. The predicted octanol–water partition coefficient (Wildman–Crippen LogP) is 11.1. The van der Waals surface area contributed by atoms with Crippen molar-refractivity contribution >= 4 is 0 Å². The van der Waals surface area contributed by atoms with E-state index in [4.69, 9.17) is 0 Å². The molecule has 0 nitrogen and oxygen atoms in total. The van der Waals surface area contributed by atoms with Crippen LogP contribution in [0.2, 0.25) is 0 Å². The highest BCUT2D eigenvalue weighted by atomic mass is 14.8. The molecule has 8 fully saturated rings. The van der Waals surface area contributed by atoms with E-state index in [0.29, 0.717) is 5.41 Å². The van der Waals surface area contributed by atoms with Crippen LogP contribution in [0.25, 0.3) is 0 Å². The van der Waals surface area contributed by atoms with Gasteiger partial charge in [-0.15, -0.1) is 0 Å². The van der Waals surface area contributed by atoms with Crippen molar-refractivity contribution in [2.75, 3.05) is 0 Å². The monoisotopic (exact) mass is 547 g/mol. The average molecular weight is 547 g/mol. The molecule has 0 saturated heterocycles. The number of rotatable bonds is 3. The van der Waals surface area contributed by atoms with Crippen LogP contribution in [0.5, 0.6) is 0 Å². The van der Waals surface area contributed by atoms with Gasteiger partial charge in [0.1, 0.15) is 0 Å². The highest BCUT2D eigenvalue weighted by molar-refractivity contribution is 5.25. The first-order valence-corrected chi connectivity index (χ1v) is 19.4. The van der Waals surface area contributed by atoms with E-state index < -0.39 is 0 Å². The minimum Gasteiger partial charge on any atom is -0.0625 e. The van der Waals surface area contributed by atoms with Crippen molar-refractivity contribution in [1.82, 2.24) is 0 Å². The van der Waals surface area contributed by atoms with Gasteiger partial charge in [-0.05, 0) is 170 Å². The smallest absolute Gasteiger partial charge is 0.0165 e. The highest BCUT2D eigenvalue weighted by Gasteiger charge is 2.78. The van der Waals surface area contributed by atoms with Gasteiger partial charge in [-0.2, -0.15) is 0 Å². The Morgan fingerprint density at radius 1 is 0.450 bits per heavy atom. The molecule has 1 spiro atoms. The third-order valence-electron chi connectivity index (χ3n) is 17.0. The summed E-state index contributed by atoms with van der Waals surface area (Å²) in [5.41, 5.74) is 0.694. The van der Waals surface area contributed by atoms with Crippen molar-refractivity contribution in [3.05, 3.63) is 0 Å². The maximum Gasteiger partial charge on any atom is -0.0165 e. The first-order chi connectivity index (χ1) is 19.4. The SMILES string of the molecule is CC(C)C1C(C(C)C)C2(C3CCC4C(CC5CCC6CCCCC6C54)C3C3CCC4CCCCC4C32)C1C(C)C. The Morgan fingerprint density at radius 2 is 1.02 bits per heavy atom. The fraction of sp³-hybridized carbons (Fsp3) is 1.00. The van der Waals surface area contributed by atoms with Gasteiger partial charge < -0.3 is 0 Å². The summed E-state index contributed by atoms with van der Waals surface area (Å²) >= 11 is 0. The van der Waals surface area contributed by atoms with Crippen LogP contribution in [0.4, 0.5) is 0 Å². The van der Waals surface area contributed by atoms with Gasteiger partial charge in [0.15, 0.2) is 0 Å². The Kier molecular flexibility index (Phi) is 6.89. The molecule has 0 bridgehead atoms. The lowest BCUT2D eigenvalue weighted by atomic mass is 9.32. The molecule has 14 unspecified atom stereocenters. The van der Waals surface area contributed by atoms with Crippen molar-refractivity contribution in [1.29, 1.82) is 0 Å². The van der Waals surface area contributed by atoms with Gasteiger partial charge in [-0.3, -0.25) is 0 Å². The average Bonchev–Trinajstić information content (AvgIpc) is 3.46. The largest absolute Gasteiger partial charge is 0.0625 e. The zero-order valence-corrected chi connectivity index (χ0v) is 27.5. The Labute approximate surface area is 249 Å². The van der Waals surface area contributed by atoms with Crippen LogP contribution in [0.3, 0.4) is 0 Å². The van der Waals surface area contributed by atoms with Gasteiger partial charge >= 0.3 is 0 Å². The van der Waals surface area contributed by atoms with E-state index in [-0.39, 0.29) is 0 Å². The van der Waals surface area contributed by atoms with Crippen molar-refractivity contribution in [2.45, 2.75) is 138 Å². The molecule has 226 valence electrons. The van der Waals surface area contributed by atoms with Crippen LogP contribution in [-0.4, -0.2) is 0 Å². The molecule has 0 N–H and O–H groups in total. The molecular formula is C40H66. The zero-order valence-electron chi connectivity index (χ0n) is 27.5. The van der Waals surface area contributed by atoms with E-state index in [0.717, 1.165) is 107 Å². The Bertz CT molecular complexity index is 910. The van der Waals surface area contributed by atoms with Crippen LogP contribution in [-0.2, 0) is 0 Å². The fourth-order valence-electron chi connectivity index (χ4n) is 16.9. The molecule has 0 aromatic rings. The summed E-state index contributed by atoms with van der Waals surface area (Å²) in [6, 6.07) is 0. The second kappa shape index (κ2) is 10.0. The van der Waals surface area contributed by atoms with Gasteiger partial charge in [0, 0.05) is 0 Å². The Hall–Kier alpha value is 0. The van der Waals surface area contributed by atoms with Crippen LogP contribution < -0.4 is 0 Å². The standard InChI is InChI=1S/C40H66/c1-22(2)34-37(23(3)4)40(38(34)24(5)6)33-20-19-30-32(21-27-16-15-25-11-7-9-13-28(25)35(27)30)36(33)31-18-17-26-12-8-10-14-29(26)39(31)40/h22-39H,7-21H2,1-6H3. The molecule has 0 amide bonds. The normalized spacial score (nSPS) is 56.8. The second-order valence-electron chi connectivity index (χ2n) is 18.8. The summed E-state index contributed by atoms with van der Waals surface area (Å²) in [4.78, 5) is 0. The summed E-state index contributed by atoms with van der Waals surface area (Å²) in [6.45, 7) is 16.0. The summed E-state index contributed by atoms with van der Waals surface area (Å²) < 4.78 is 0. The molecule has 0 heterocycles. The molecule has 8 rings (SSSR count). The molecule has 0 aromatic carbocycles. The molecular weight excluding hydrogens is 480 g/mol. The van der Waals surface area contributed by atoms with Crippen LogP contribution >= 0.6 is 0 Å². The molecule has 8 saturated carbocycles. The second-order valence-corrected chi connectivity index (χ2v) is 18.8. The third kappa shape index (κ3) is 3.55. The highest BCUT2D eigenvalue weighted by Crippen LogP contribution is 2.82. The van der Waals surface area contributed by atoms with E-state index in [1.807, 2.05) is 0 Å². The van der Waals surface area contributed by atoms with Gasteiger partial charge in [-0.1, -0.05) is 80.1 Å². The van der Waals surface area contributed by atoms with Gasteiger partial charge in [0.25, 0.3) is 0 Å². The summed E-state index contributed by atoms with van der Waals surface area (Å²) in [7, 11) is 0. The fourth-order valence-corrected chi connectivity index (χ4v) is 16.9. The molecule has 0 heteroatoms. The molecule has 8 aliphatic rings. The molecule has 0 radical (unpaired) electrons. The van der Waals surface area contributed by atoms with Crippen molar-refractivity contribution in [3.8, 4) is 0 Å². The quantitative estimate of drug-likeness (QED) is 0.330. The van der Waals surface area contributed by atoms with Gasteiger partial charge in [-0.25, -0.2) is 0 Å². The summed E-state index contributed by atoms with van der Waals surface area (Å²) in [5, 5.41) is 0. The van der Waals surface area contributed by atoms with Gasteiger partial charge in [0.05, 0.1) is 0 Å². The third-order valence-corrected chi connectivity index (χ3v) is 17.0. The molecule has 8 aliphatic carbocycles. The summed E-state index contributed by atoms with van der Waals surface area (Å²) in [5.74, 6) is 19.0. The molecule has 14 atom stereocenters. The van der Waals surface area contributed by atoms with E-state index in [9.17, 15) is 0 Å². The van der Waals surface area contributed by atoms with E-state index in [2.05, 4.69) is 41.5 Å². The maximum absolute atomic E-state index is 2.68. The predicted molar refractivity (Wildman–Crippen MR) is 169 cm³/mol. The van der Waals surface area contributed by atoms with E-state index >= 15 is 0 Å². The van der Waals surface area contributed by atoms with Crippen molar-refractivity contribution < 1.29 is 0 Å². The first kappa shape index (κ1) is 27.5. The first-order valence-electron chi connectivity index (χ1n) is 19.4. The molecule has 0 aliphatic heterocycles. The lowest BCUT2D eigenvalue weighted by Gasteiger charge is -2.72. The van der Waals surface area contributed by atoms with Crippen LogP contribution in [0, 0.1) is 112 Å². The minimum atomic E-state index is 0.694. The lowest BCUT2D eigenvalue weighted by molar-refractivity contribution is -0.252. The Morgan fingerprint density at radius 3 is 1.70 bits per heavy atom. The van der Waals surface area contributed by atoms with E-state index in [1.165, 1.54) is 0 Å². The maximum atomic E-state index is 2.68. The molecule has 40 heavy (non-hydrogen) atoms. The van der Waals surface area contributed by atoms with E-state index in [1.54, 1.807) is 96.3 Å². The van der Waals surface area contributed by atoms with Crippen LogP contribution in [0.1, 0.15) is 138 Å². The number of hydrogen-bond donors (Lipinski definition) is 0. The number of hydrogen-bond acceptors (Lipinski definition) is 0. The van der Waals surface area contributed by atoms with Gasteiger partial charge in [0.2, 0.25) is 0 Å². The topological polar surface area (TPSA) is 0 Å². The van der Waals surface area contributed by atoms with Crippen LogP contribution in [0.15, 0.2) is 0 Å².